The second kappa shape index (κ2) is 7.43. The fourth-order valence-corrected chi connectivity index (χ4v) is 3.06. The number of aromatic nitrogens is 1. The lowest BCUT2D eigenvalue weighted by Gasteiger charge is -2.24. The molecule has 0 spiro atoms. The summed E-state index contributed by atoms with van der Waals surface area (Å²) in [4.78, 5) is 11.0. The summed E-state index contributed by atoms with van der Waals surface area (Å²) in [6.45, 7) is 3.84. The minimum absolute atomic E-state index is 0.728. The molecule has 4 nitrogen and oxygen atoms in total. The molecule has 5 heteroatoms. The van der Waals surface area contributed by atoms with Crippen LogP contribution in [-0.4, -0.2) is 36.5 Å². The molecular weight excluding hydrogens is 268 g/mol. The van der Waals surface area contributed by atoms with E-state index in [4.69, 9.17) is 0 Å². The molecule has 0 fully saturated rings. The Bertz CT molecular complexity index is 478. The Kier molecular flexibility index (Phi) is 5.59. The minimum atomic E-state index is 0.728. The Morgan fingerprint density at radius 2 is 2.40 bits per heavy atom. The molecule has 0 aliphatic heterocycles. The van der Waals surface area contributed by atoms with E-state index < -0.39 is 0 Å². The van der Waals surface area contributed by atoms with Gasteiger partial charge in [-0.15, -0.1) is 11.3 Å². The van der Waals surface area contributed by atoms with Crippen LogP contribution in [-0.2, 0) is 6.54 Å². The predicted molar refractivity (Wildman–Crippen MR) is 86.2 cm³/mol. The average Bonchev–Trinajstić information content (AvgIpc) is 2.86. The summed E-state index contributed by atoms with van der Waals surface area (Å²) < 4.78 is 0. The zero-order chi connectivity index (χ0) is 14.4. The summed E-state index contributed by atoms with van der Waals surface area (Å²) >= 11 is 1.70. The van der Waals surface area contributed by atoms with E-state index in [1.54, 1.807) is 11.3 Å². The van der Waals surface area contributed by atoms with Gasteiger partial charge in [-0.05, 0) is 32.1 Å². The van der Waals surface area contributed by atoms with Crippen molar-refractivity contribution in [2.75, 3.05) is 20.6 Å². The van der Waals surface area contributed by atoms with Crippen molar-refractivity contribution in [3.63, 3.8) is 0 Å². The molecule has 1 N–H and O–H groups in total. The number of allylic oxidation sites excluding steroid dienone is 2. The highest BCUT2D eigenvalue weighted by molar-refractivity contribution is 7.09. The van der Waals surface area contributed by atoms with Crippen molar-refractivity contribution >= 4 is 17.3 Å². The normalized spacial score (nSPS) is 19.1. The first-order valence-corrected chi connectivity index (χ1v) is 8.04. The molecule has 110 valence electrons. The van der Waals surface area contributed by atoms with Crippen molar-refractivity contribution in [3.8, 4) is 0 Å². The molecule has 1 aromatic rings. The molecule has 0 radical (unpaired) electrons. The first-order valence-electron chi connectivity index (χ1n) is 7.17. The van der Waals surface area contributed by atoms with Gasteiger partial charge >= 0.3 is 0 Å². The average molecular weight is 292 g/mol. The van der Waals surface area contributed by atoms with E-state index in [1.807, 2.05) is 14.0 Å². The van der Waals surface area contributed by atoms with Gasteiger partial charge in [0.2, 0.25) is 0 Å². The molecule has 0 saturated carbocycles. The van der Waals surface area contributed by atoms with Crippen molar-refractivity contribution < 1.29 is 0 Å². The van der Waals surface area contributed by atoms with Crippen LogP contribution < -0.4 is 5.32 Å². The smallest absolute Gasteiger partial charge is 0.193 e. The summed E-state index contributed by atoms with van der Waals surface area (Å²) in [5, 5.41) is 6.72. The Morgan fingerprint density at radius 3 is 3.00 bits per heavy atom. The molecule has 1 aromatic heterocycles. The number of guanidine groups is 1. The Balaban J connectivity index is 1.82. The fourth-order valence-electron chi connectivity index (χ4n) is 2.46. The predicted octanol–water partition coefficient (Wildman–Crippen LogP) is 2.82. The van der Waals surface area contributed by atoms with Gasteiger partial charge in [0.15, 0.2) is 5.96 Å². The van der Waals surface area contributed by atoms with Gasteiger partial charge in [0.05, 0.1) is 17.2 Å². The van der Waals surface area contributed by atoms with Crippen molar-refractivity contribution in [3.05, 3.63) is 28.2 Å². The van der Waals surface area contributed by atoms with E-state index in [-0.39, 0.29) is 0 Å². The van der Waals surface area contributed by atoms with Crippen LogP contribution in [0.1, 0.15) is 30.0 Å². The zero-order valence-electron chi connectivity index (χ0n) is 12.6. The molecule has 0 aromatic carbocycles. The number of nitrogens with one attached hydrogen (secondary N) is 1. The van der Waals surface area contributed by atoms with Gasteiger partial charge in [-0.2, -0.15) is 0 Å². The Labute approximate surface area is 125 Å². The molecule has 1 aliphatic carbocycles. The largest absolute Gasteiger partial charge is 0.356 e. The topological polar surface area (TPSA) is 40.5 Å². The van der Waals surface area contributed by atoms with Crippen LogP contribution in [0.3, 0.4) is 0 Å². The van der Waals surface area contributed by atoms with Gasteiger partial charge in [-0.25, -0.2) is 4.98 Å². The fraction of sp³-hybridized carbons (Fsp3) is 0.600. The van der Waals surface area contributed by atoms with Crippen LogP contribution >= 0.6 is 11.3 Å². The van der Waals surface area contributed by atoms with Gasteiger partial charge in [-0.1, -0.05) is 12.2 Å². The van der Waals surface area contributed by atoms with Gasteiger partial charge in [0, 0.05) is 26.0 Å². The van der Waals surface area contributed by atoms with Gasteiger partial charge in [0.1, 0.15) is 0 Å². The molecular formula is C15H24N4S. The summed E-state index contributed by atoms with van der Waals surface area (Å²) in [6.07, 6.45) is 8.23. The lowest BCUT2D eigenvalue weighted by molar-refractivity contribution is 0.433. The van der Waals surface area contributed by atoms with Crippen LogP contribution in [0.2, 0.25) is 0 Å². The highest BCUT2D eigenvalue weighted by atomic mass is 32.1. The number of hydrogen-bond acceptors (Lipinski definition) is 3. The van der Waals surface area contributed by atoms with E-state index >= 15 is 0 Å². The SMILES string of the molecule is CN=C(NCC1CC=CCC1)N(C)Cc1csc(C)n1. The Hall–Kier alpha value is -1.36. The number of rotatable bonds is 4. The third-order valence-electron chi connectivity index (χ3n) is 3.57. The molecule has 1 unspecified atom stereocenters. The highest BCUT2D eigenvalue weighted by Gasteiger charge is 2.13. The van der Waals surface area contributed by atoms with Gasteiger partial charge < -0.3 is 10.2 Å². The van der Waals surface area contributed by atoms with Crippen LogP contribution in [0.4, 0.5) is 0 Å². The van der Waals surface area contributed by atoms with E-state index in [9.17, 15) is 0 Å². The molecule has 1 aliphatic rings. The third kappa shape index (κ3) is 4.34. The molecule has 0 bridgehead atoms. The quantitative estimate of drug-likeness (QED) is 0.527. The zero-order valence-corrected chi connectivity index (χ0v) is 13.4. The summed E-state index contributed by atoms with van der Waals surface area (Å²) in [7, 11) is 3.90. The summed E-state index contributed by atoms with van der Waals surface area (Å²) in [6, 6.07) is 0. The van der Waals surface area contributed by atoms with Gasteiger partial charge in [0.25, 0.3) is 0 Å². The molecule has 20 heavy (non-hydrogen) atoms. The maximum Gasteiger partial charge on any atom is 0.193 e. The summed E-state index contributed by atoms with van der Waals surface area (Å²) in [5.74, 6) is 1.68. The monoisotopic (exact) mass is 292 g/mol. The highest BCUT2D eigenvalue weighted by Crippen LogP contribution is 2.17. The van der Waals surface area contributed by atoms with Crippen LogP contribution in [0.5, 0.6) is 0 Å². The maximum absolute atomic E-state index is 4.50. The first-order chi connectivity index (χ1) is 9.69. The minimum Gasteiger partial charge on any atom is -0.356 e. The van der Waals surface area contributed by atoms with Gasteiger partial charge in [-0.3, -0.25) is 4.99 Å². The standard InChI is InChI=1S/C15H24N4S/c1-12-18-14(11-20-12)10-19(3)15(16-2)17-9-13-7-5-4-6-8-13/h4-5,11,13H,6-10H2,1-3H3,(H,16,17). The first kappa shape index (κ1) is 15.0. The molecule has 0 amide bonds. The second-order valence-corrected chi connectivity index (χ2v) is 6.35. The van der Waals surface area contributed by atoms with Crippen molar-refractivity contribution in [1.82, 2.24) is 15.2 Å². The lowest BCUT2D eigenvalue weighted by Crippen LogP contribution is -2.40. The molecule has 2 rings (SSSR count). The van der Waals surface area contributed by atoms with Crippen molar-refractivity contribution in [1.29, 1.82) is 0 Å². The number of aliphatic imine (C=N–C) groups is 1. The number of nitrogens with zero attached hydrogens (tertiary/aromatic N) is 3. The van der Waals surface area contributed by atoms with E-state index in [1.165, 1.54) is 19.3 Å². The van der Waals surface area contributed by atoms with E-state index in [0.717, 1.165) is 35.7 Å². The number of hydrogen-bond donors (Lipinski definition) is 1. The van der Waals surface area contributed by atoms with Crippen molar-refractivity contribution in [2.45, 2.75) is 32.7 Å². The van der Waals surface area contributed by atoms with Crippen LogP contribution in [0.15, 0.2) is 22.5 Å². The molecule has 1 heterocycles. The Morgan fingerprint density at radius 1 is 1.55 bits per heavy atom. The lowest BCUT2D eigenvalue weighted by atomic mass is 9.94. The molecule has 1 atom stereocenters. The van der Waals surface area contributed by atoms with Crippen LogP contribution in [0, 0.1) is 12.8 Å². The van der Waals surface area contributed by atoms with E-state index in [2.05, 4.69) is 44.8 Å². The summed E-state index contributed by atoms with van der Waals surface area (Å²) in [5.41, 5.74) is 1.11. The molecule has 0 saturated heterocycles. The van der Waals surface area contributed by atoms with E-state index in [0.29, 0.717) is 0 Å². The maximum atomic E-state index is 4.50. The third-order valence-corrected chi connectivity index (χ3v) is 4.39. The second-order valence-electron chi connectivity index (χ2n) is 5.29. The van der Waals surface area contributed by atoms with Crippen molar-refractivity contribution in [2.24, 2.45) is 10.9 Å². The van der Waals surface area contributed by atoms with Crippen LogP contribution in [0.25, 0.3) is 0 Å². The number of thiazole rings is 1. The number of aryl methyl sites for hydroxylation is 1.